The molecule has 0 aromatic heterocycles. The first-order valence-corrected chi connectivity index (χ1v) is 6.21. The lowest BCUT2D eigenvalue weighted by Gasteiger charge is -2.30. The van der Waals surface area contributed by atoms with Gasteiger partial charge >= 0.3 is 12.4 Å². The molecule has 1 aliphatic rings. The van der Waals surface area contributed by atoms with E-state index in [0.29, 0.717) is 6.07 Å². The van der Waals surface area contributed by atoms with E-state index >= 15 is 0 Å². The van der Waals surface area contributed by atoms with Gasteiger partial charge in [0.2, 0.25) is 0 Å². The van der Waals surface area contributed by atoms with Gasteiger partial charge in [-0.05, 0) is 18.1 Å². The van der Waals surface area contributed by atoms with Crippen molar-refractivity contribution in [3.8, 4) is 5.75 Å². The van der Waals surface area contributed by atoms with Crippen LogP contribution in [-0.4, -0.2) is 12.0 Å². The van der Waals surface area contributed by atoms with E-state index in [-0.39, 0.29) is 6.07 Å². The highest BCUT2D eigenvalue weighted by molar-refractivity contribution is 5.98. The Morgan fingerprint density at radius 2 is 1.68 bits per heavy atom. The molecule has 0 radical (unpaired) electrons. The highest BCUT2D eigenvalue weighted by Crippen LogP contribution is 2.46. The van der Waals surface area contributed by atoms with Crippen LogP contribution < -0.4 is 10.1 Å². The Bertz CT molecular complexity index is 606. The molecule has 0 spiro atoms. The minimum absolute atomic E-state index is 0.0201. The van der Waals surface area contributed by atoms with E-state index in [1.165, 1.54) is 0 Å². The van der Waals surface area contributed by atoms with Crippen molar-refractivity contribution in [1.29, 1.82) is 0 Å². The smallest absolute Gasteiger partial charge is 0.420 e. The molecular weight excluding hydrogens is 316 g/mol. The molecule has 1 aromatic rings. The minimum Gasteiger partial charge on any atom is -0.477 e. The van der Waals surface area contributed by atoms with E-state index in [2.05, 4.69) is 5.32 Å². The molecule has 0 bridgehead atoms. The fourth-order valence-corrected chi connectivity index (χ4v) is 2.05. The average Bonchev–Trinajstić information content (AvgIpc) is 2.33. The standard InChI is InChI=1S/C13H11F6NO2/c1-5(2)9-11(21)20-8-4-6(12(14,15)16)3-7(10(8)22-9)13(17,18)19/h3-5,9H,1-2H3,(H,20,21). The quantitative estimate of drug-likeness (QED) is 0.789. The maximum atomic E-state index is 13.0. The topological polar surface area (TPSA) is 38.3 Å². The van der Waals surface area contributed by atoms with Crippen molar-refractivity contribution in [1.82, 2.24) is 0 Å². The van der Waals surface area contributed by atoms with Crippen LogP contribution in [0.5, 0.6) is 5.75 Å². The maximum absolute atomic E-state index is 13.0. The van der Waals surface area contributed by atoms with Crippen LogP contribution in [0, 0.1) is 5.92 Å². The second-order valence-corrected chi connectivity index (χ2v) is 5.17. The maximum Gasteiger partial charge on any atom is 0.420 e. The predicted molar refractivity (Wildman–Crippen MR) is 64.3 cm³/mol. The zero-order valence-corrected chi connectivity index (χ0v) is 11.4. The number of carbonyl (C=O) groups is 1. The van der Waals surface area contributed by atoms with Crippen LogP contribution in [0.4, 0.5) is 32.0 Å². The van der Waals surface area contributed by atoms with Gasteiger partial charge in [0.25, 0.3) is 5.91 Å². The van der Waals surface area contributed by atoms with Gasteiger partial charge in [-0.25, -0.2) is 0 Å². The van der Waals surface area contributed by atoms with Gasteiger partial charge in [0.1, 0.15) is 5.56 Å². The molecule has 2 rings (SSSR count). The summed E-state index contributed by atoms with van der Waals surface area (Å²) in [6, 6.07) is 0.409. The Morgan fingerprint density at radius 3 is 2.14 bits per heavy atom. The SMILES string of the molecule is CC(C)C1Oc2c(cc(C(F)(F)F)cc2C(F)(F)F)NC1=O. The van der Waals surface area contributed by atoms with Crippen LogP contribution in [0.15, 0.2) is 12.1 Å². The van der Waals surface area contributed by atoms with Crippen molar-refractivity contribution in [3.63, 3.8) is 0 Å². The van der Waals surface area contributed by atoms with Gasteiger partial charge in [-0.3, -0.25) is 4.79 Å². The molecule has 0 saturated carbocycles. The molecule has 1 unspecified atom stereocenters. The summed E-state index contributed by atoms with van der Waals surface area (Å²) in [5.74, 6) is -2.02. The summed E-state index contributed by atoms with van der Waals surface area (Å²) in [4.78, 5) is 11.7. The van der Waals surface area contributed by atoms with Gasteiger partial charge in [0.15, 0.2) is 11.9 Å². The van der Waals surface area contributed by atoms with Crippen molar-refractivity contribution < 1.29 is 35.9 Å². The summed E-state index contributed by atoms with van der Waals surface area (Å²) in [6.45, 7) is 3.10. The third kappa shape index (κ3) is 2.97. The van der Waals surface area contributed by atoms with Crippen molar-refractivity contribution in [2.75, 3.05) is 5.32 Å². The number of nitrogens with one attached hydrogen (secondary N) is 1. The van der Waals surface area contributed by atoms with E-state index in [1.54, 1.807) is 13.8 Å². The summed E-state index contributed by atoms with van der Waals surface area (Å²) in [7, 11) is 0. The molecule has 1 amide bonds. The molecule has 1 aliphatic heterocycles. The van der Waals surface area contributed by atoms with Crippen LogP contribution in [0.2, 0.25) is 0 Å². The first-order valence-electron chi connectivity index (χ1n) is 6.21. The molecule has 22 heavy (non-hydrogen) atoms. The Labute approximate surface area is 121 Å². The zero-order valence-electron chi connectivity index (χ0n) is 11.4. The monoisotopic (exact) mass is 327 g/mol. The highest BCUT2D eigenvalue weighted by Gasteiger charge is 2.43. The first kappa shape index (κ1) is 16.4. The molecule has 3 nitrogen and oxygen atoms in total. The first-order chi connectivity index (χ1) is 9.91. The number of rotatable bonds is 1. The van der Waals surface area contributed by atoms with Crippen molar-refractivity contribution in [3.05, 3.63) is 23.3 Å². The molecule has 9 heteroatoms. The fourth-order valence-electron chi connectivity index (χ4n) is 2.05. The van der Waals surface area contributed by atoms with Gasteiger partial charge in [-0.2, -0.15) is 26.3 Å². The lowest BCUT2D eigenvalue weighted by atomic mass is 10.0. The van der Waals surface area contributed by atoms with Crippen molar-refractivity contribution in [2.45, 2.75) is 32.3 Å². The number of anilines is 1. The second-order valence-electron chi connectivity index (χ2n) is 5.17. The van der Waals surface area contributed by atoms with Crippen LogP contribution in [-0.2, 0) is 17.1 Å². The van der Waals surface area contributed by atoms with E-state index in [0.717, 1.165) is 0 Å². The van der Waals surface area contributed by atoms with Gasteiger partial charge in [-0.15, -0.1) is 0 Å². The number of fused-ring (bicyclic) bond motifs is 1. The van der Waals surface area contributed by atoms with Crippen LogP contribution in [0.25, 0.3) is 0 Å². The molecule has 1 atom stereocenters. The van der Waals surface area contributed by atoms with E-state index in [9.17, 15) is 31.1 Å². The van der Waals surface area contributed by atoms with Gasteiger partial charge in [0.05, 0.1) is 11.3 Å². The van der Waals surface area contributed by atoms with E-state index in [1.807, 2.05) is 0 Å². The Morgan fingerprint density at radius 1 is 1.09 bits per heavy atom. The zero-order chi connectivity index (χ0) is 16.9. The Balaban J connectivity index is 2.64. The third-order valence-electron chi connectivity index (χ3n) is 3.09. The van der Waals surface area contributed by atoms with Crippen LogP contribution >= 0.6 is 0 Å². The number of hydrogen-bond acceptors (Lipinski definition) is 2. The summed E-state index contributed by atoms with van der Waals surface area (Å²) in [6.07, 6.45) is -11.2. The van der Waals surface area contributed by atoms with Crippen LogP contribution in [0.1, 0.15) is 25.0 Å². The van der Waals surface area contributed by atoms with Gasteiger partial charge in [-0.1, -0.05) is 13.8 Å². The number of halogens is 6. The number of carbonyl (C=O) groups excluding carboxylic acids is 1. The number of amides is 1. The lowest BCUT2D eigenvalue weighted by molar-refractivity contribution is -0.145. The normalized spacial score (nSPS) is 18.8. The minimum atomic E-state index is -5.05. The number of ether oxygens (including phenoxy) is 1. The number of hydrogen-bond donors (Lipinski definition) is 1. The summed E-state index contributed by atoms with van der Waals surface area (Å²) in [5, 5.41) is 2.05. The highest BCUT2D eigenvalue weighted by atomic mass is 19.4. The third-order valence-corrected chi connectivity index (χ3v) is 3.09. The predicted octanol–water partition coefficient (Wildman–Crippen LogP) is 4.08. The lowest BCUT2D eigenvalue weighted by Crippen LogP contribution is -2.41. The largest absolute Gasteiger partial charge is 0.477 e. The fraction of sp³-hybridized carbons (Fsp3) is 0.462. The van der Waals surface area contributed by atoms with E-state index in [4.69, 9.17) is 4.74 Å². The Hall–Kier alpha value is -1.93. The molecule has 0 fully saturated rings. The average molecular weight is 327 g/mol. The molecule has 0 aliphatic carbocycles. The van der Waals surface area contributed by atoms with Gasteiger partial charge in [0, 0.05) is 0 Å². The second kappa shape index (κ2) is 5.06. The summed E-state index contributed by atoms with van der Waals surface area (Å²) >= 11 is 0. The van der Waals surface area contributed by atoms with Crippen molar-refractivity contribution >= 4 is 11.6 Å². The Kier molecular flexibility index (Phi) is 3.78. The number of alkyl halides is 6. The summed E-state index contributed by atoms with van der Waals surface area (Å²) < 4.78 is 82.2. The molecule has 1 aromatic carbocycles. The molecule has 0 saturated heterocycles. The molecule has 1 N–H and O–H groups in total. The molecule has 122 valence electrons. The molecule has 1 heterocycles. The van der Waals surface area contributed by atoms with Crippen molar-refractivity contribution in [2.24, 2.45) is 5.92 Å². The van der Waals surface area contributed by atoms with Gasteiger partial charge < -0.3 is 10.1 Å². The van der Waals surface area contributed by atoms with E-state index < -0.39 is 52.8 Å². The van der Waals surface area contributed by atoms with Crippen LogP contribution in [0.3, 0.4) is 0 Å². The molecular formula is C13H11F6NO2. The summed E-state index contributed by atoms with van der Waals surface area (Å²) in [5.41, 5.74) is -3.71. The number of benzene rings is 1.